The zero-order valence-corrected chi connectivity index (χ0v) is 23.1. The Hall–Kier alpha value is -4.98. The Kier molecular flexibility index (Phi) is 5.41. The first-order valence-corrected chi connectivity index (χ1v) is 15.5. The molecule has 8 rings (SSSR count). The third kappa shape index (κ3) is 3.67. The van der Waals surface area contributed by atoms with E-state index in [0.29, 0.717) is 0 Å². The summed E-state index contributed by atoms with van der Waals surface area (Å²) in [4.78, 5) is 5.02. The lowest BCUT2D eigenvalue weighted by atomic mass is 10.0. The number of pyridine rings is 1. The summed E-state index contributed by atoms with van der Waals surface area (Å²) < 4.78 is 17.1. The molecule has 0 saturated heterocycles. The fraction of sp³-hybridized carbons (Fsp3) is 0. The van der Waals surface area contributed by atoms with E-state index < -0.39 is 7.14 Å². The minimum Gasteiger partial charge on any atom is -0.309 e. The zero-order valence-electron chi connectivity index (χ0n) is 22.2. The van der Waals surface area contributed by atoms with Gasteiger partial charge in [0.2, 0.25) is 0 Å². The molecule has 0 amide bonds. The van der Waals surface area contributed by atoms with Crippen molar-refractivity contribution in [1.82, 2.24) is 9.38 Å². The van der Waals surface area contributed by atoms with Crippen LogP contribution in [0.2, 0.25) is 0 Å². The van der Waals surface area contributed by atoms with Crippen molar-refractivity contribution >= 4 is 61.4 Å². The molecule has 194 valence electrons. The second-order valence-electron chi connectivity index (χ2n) is 10.4. The first kappa shape index (κ1) is 23.9. The quantitative estimate of drug-likeness (QED) is 0.166. The van der Waals surface area contributed by atoms with E-state index in [9.17, 15) is 4.57 Å². The fourth-order valence-electron chi connectivity index (χ4n) is 6.07. The van der Waals surface area contributed by atoms with Gasteiger partial charge in [-0.2, -0.15) is 0 Å². The minimum atomic E-state index is -3.02. The van der Waals surface area contributed by atoms with Crippen LogP contribution < -0.4 is 15.9 Å². The SMILES string of the molecule is O=P(c1ccccc1)(c1ccccc1)c1ccc(-c2ccc3c4ccccc4c4nc5ccccc5n4c3c2)cc1. The van der Waals surface area contributed by atoms with Gasteiger partial charge < -0.3 is 4.57 Å². The molecule has 0 aliphatic heterocycles. The summed E-state index contributed by atoms with van der Waals surface area (Å²) in [7, 11) is -3.02. The van der Waals surface area contributed by atoms with E-state index in [1.807, 2.05) is 78.9 Å². The van der Waals surface area contributed by atoms with Gasteiger partial charge in [-0.05, 0) is 34.7 Å². The summed E-state index contributed by atoms with van der Waals surface area (Å²) in [6.45, 7) is 0. The van der Waals surface area contributed by atoms with Gasteiger partial charge in [0.25, 0.3) is 0 Å². The highest BCUT2D eigenvalue weighted by atomic mass is 31.2. The summed E-state index contributed by atoms with van der Waals surface area (Å²) >= 11 is 0. The Morgan fingerprint density at radius 1 is 0.463 bits per heavy atom. The van der Waals surface area contributed by atoms with E-state index in [0.717, 1.165) is 54.6 Å². The Labute approximate surface area is 237 Å². The lowest BCUT2D eigenvalue weighted by Gasteiger charge is -2.20. The smallest absolute Gasteiger partial charge is 0.171 e. The van der Waals surface area contributed by atoms with Crippen molar-refractivity contribution in [1.29, 1.82) is 0 Å². The van der Waals surface area contributed by atoms with Crippen LogP contribution in [-0.4, -0.2) is 9.38 Å². The van der Waals surface area contributed by atoms with E-state index in [1.165, 1.54) is 10.8 Å². The molecule has 0 bridgehead atoms. The van der Waals surface area contributed by atoms with Crippen LogP contribution >= 0.6 is 7.14 Å². The number of nitrogens with zero attached hydrogens (tertiary/aromatic N) is 2. The molecule has 0 aliphatic carbocycles. The van der Waals surface area contributed by atoms with Crippen LogP contribution in [0.5, 0.6) is 0 Å². The Bertz CT molecular complexity index is 2230. The normalized spacial score (nSPS) is 12.0. The molecule has 41 heavy (non-hydrogen) atoms. The number of aromatic nitrogens is 2. The predicted molar refractivity (Wildman–Crippen MR) is 173 cm³/mol. The van der Waals surface area contributed by atoms with Gasteiger partial charge in [-0.1, -0.05) is 133 Å². The summed E-state index contributed by atoms with van der Waals surface area (Å²) in [5.74, 6) is 0. The van der Waals surface area contributed by atoms with Crippen LogP contribution in [0.25, 0.3) is 49.5 Å². The van der Waals surface area contributed by atoms with E-state index in [4.69, 9.17) is 4.98 Å². The molecule has 0 aliphatic rings. The van der Waals surface area contributed by atoms with Gasteiger partial charge in [-0.25, -0.2) is 4.98 Å². The standard InChI is InChI=1S/C37H25N2OP/c40-41(28-11-3-1-4-12-28,29-13-5-2-6-14-29)30-22-19-26(20-23-30)27-21-24-32-31-15-7-8-16-33(31)37-38-34-17-9-10-18-35(34)39(37)36(32)25-27/h1-25H. The number of benzene rings is 6. The van der Waals surface area contributed by atoms with Gasteiger partial charge in [-0.3, -0.25) is 4.40 Å². The number of hydrogen-bond donors (Lipinski definition) is 0. The van der Waals surface area contributed by atoms with Crippen LogP contribution in [-0.2, 0) is 4.57 Å². The number of rotatable bonds is 4. The maximum atomic E-state index is 14.8. The lowest BCUT2D eigenvalue weighted by molar-refractivity contribution is 0.592. The number of fused-ring (bicyclic) bond motifs is 8. The highest BCUT2D eigenvalue weighted by Gasteiger charge is 2.29. The summed E-state index contributed by atoms with van der Waals surface area (Å²) in [5.41, 5.74) is 6.35. The molecule has 8 aromatic rings. The van der Waals surface area contributed by atoms with Crippen LogP contribution in [0.1, 0.15) is 0 Å². The average Bonchev–Trinajstić information content (AvgIpc) is 3.45. The largest absolute Gasteiger partial charge is 0.309 e. The van der Waals surface area contributed by atoms with Crippen molar-refractivity contribution in [2.45, 2.75) is 0 Å². The highest BCUT2D eigenvalue weighted by molar-refractivity contribution is 7.85. The molecule has 3 nitrogen and oxygen atoms in total. The molecular weight excluding hydrogens is 519 g/mol. The van der Waals surface area contributed by atoms with Gasteiger partial charge in [0.1, 0.15) is 5.65 Å². The van der Waals surface area contributed by atoms with Crippen molar-refractivity contribution in [3.8, 4) is 11.1 Å². The molecule has 6 aromatic carbocycles. The zero-order chi connectivity index (χ0) is 27.4. The molecule has 0 atom stereocenters. The van der Waals surface area contributed by atoms with E-state index in [1.54, 1.807) is 0 Å². The van der Waals surface area contributed by atoms with Crippen LogP contribution in [0.3, 0.4) is 0 Å². The molecule has 0 radical (unpaired) electrons. The summed E-state index contributed by atoms with van der Waals surface area (Å²) in [6, 6.07) is 51.3. The number of imidazole rings is 1. The summed E-state index contributed by atoms with van der Waals surface area (Å²) in [5, 5.41) is 6.03. The second kappa shape index (κ2) is 9.30. The molecule has 2 heterocycles. The van der Waals surface area contributed by atoms with Crippen molar-refractivity contribution in [3.63, 3.8) is 0 Å². The molecule has 0 saturated carbocycles. The van der Waals surface area contributed by atoms with Gasteiger partial charge in [-0.15, -0.1) is 0 Å². The van der Waals surface area contributed by atoms with Crippen molar-refractivity contribution in [3.05, 3.63) is 152 Å². The van der Waals surface area contributed by atoms with Crippen molar-refractivity contribution in [2.75, 3.05) is 0 Å². The third-order valence-electron chi connectivity index (χ3n) is 8.06. The monoisotopic (exact) mass is 544 g/mol. The molecule has 0 unspecified atom stereocenters. The first-order valence-electron chi connectivity index (χ1n) is 13.8. The third-order valence-corrected chi connectivity index (χ3v) is 11.1. The summed E-state index contributed by atoms with van der Waals surface area (Å²) in [6.07, 6.45) is 0. The lowest BCUT2D eigenvalue weighted by Crippen LogP contribution is -2.24. The minimum absolute atomic E-state index is 0.827. The van der Waals surface area contributed by atoms with E-state index >= 15 is 0 Å². The molecule has 0 N–H and O–H groups in total. The Balaban J connectivity index is 1.32. The predicted octanol–water partition coefficient (Wildman–Crippen LogP) is 8.10. The molecule has 4 heteroatoms. The number of para-hydroxylation sites is 2. The molecular formula is C37H25N2OP. The maximum absolute atomic E-state index is 14.8. The first-order chi connectivity index (χ1) is 20.2. The molecule has 2 aromatic heterocycles. The van der Waals surface area contributed by atoms with Crippen molar-refractivity contribution in [2.24, 2.45) is 0 Å². The fourth-order valence-corrected chi connectivity index (χ4v) is 8.72. The van der Waals surface area contributed by atoms with Crippen LogP contribution in [0.4, 0.5) is 0 Å². The van der Waals surface area contributed by atoms with Crippen LogP contribution in [0.15, 0.2) is 152 Å². The topological polar surface area (TPSA) is 34.4 Å². The molecule has 0 fully saturated rings. The van der Waals surface area contributed by atoms with Crippen molar-refractivity contribution < 1.29 is 4.57 Å². The highest BCUT2D eigenvalue weighted by Crippen LogP contribution is 2.43. The van der Waals surface area contributed by atoms with Gasteiger partial charge in [0.05, 0.1) is 16.6 Å². The average molecular weight is 545 g/mol. The van der Waals surface area contributed by atoms with E-state index in [-0.39, 0.29) is 0 Å². The molecule has 0 spiro atoms. The number of hydrogen-bond acceptors (Lipinski definition) is 2. The Morgan fingerprint density at radius 3 is 1.73 bits per heavy atom. The van der Waals surface area contributed by atoms with Gasteiger partial charge >= 0.3 is 0 Å². The Morgan fingerprint density at radius 2 is 1.02 bits per heavy atom. The van der Waals surface area contributed by atoms with Crippen LogP contribution in [0, 0.1) is 0 Å². The maximum Gasteiger partial charge on any atom is 0.171 e. The second-order valence-corrected chi connectivity index (χ2v) is 13.1. The van der Waals surface area contributed by atoms with E-state index in [2.05, 4.69) is 77.2 Å². The van der Waals surface area contributed by atoms with Gasteiger partial charge in [0.15, 0.2) is 7.14 Å². The van der Waals surface area contributed by atoms with Gasteiger partial charge in [0, 0.05) is 26.7 Å².